The van der Waals surface area contributed by atoms with Crippen LogP contribution >= 0.6 is 23.2 Å². The van der Waals surface area contributed by atoms with Gasteiger partial charge in [0.15, 0.2) is 0 Å². The summed E-state index contributed by atoms with van der Waals surface area (Å²) in [5, 5.41) is 3.50. The van der Waals surface area contributed by atoms with Crippen molar-refractivity contribution in [2.75, 3.05) is 23.7 Å². The number of carbonyl (C=O) groups is 2. The Bertz CT molecular complexity index is 1140. The van der Waals surface area contributed by atoms with Gasteiger partial charge in [0.2, 0.25) is 21.8 Å². The molecule has 1 aliphatic rings. The molecule has 0 radical (unpaired) electrons. The number of nitrogens with one attached hydrogen (secondary N) is 1. The Labute approximate surface area is 217 Å². The first kappa shape index (κ1) is 27.3. The van der Waals surface area contributed by atoms with Crippen LogP contribution in [0.2, 0.25) is 10.0 Å². The quantitative estimate of drug-likeness (QED) is 0.488. The van der Waals surface area contributed by atoms with Crippen LogP contribution < -0.4 is 9.62 Å². The lowest BCUT2D eigenvalue weighted by molar-refractivity contribution is -0.139. The number of carbonyl (C=O) groups excluding carboxylic acids is 2. The average Bonchev–Trinajstić information content (AvgIpc) is 3.32. The van der Waals surface area contributed by atoms with E-state index in [0.29, 0.717) is 6.42 Å². The number of anilines is 1. The van der Waals surface area contributed by atoms with Crippen molar-refractivity contribution in [2.45, 2.75) is 51.1 Å². The topological polar surface area (TPSA) is 86.8 Å². The van der Waals surface area contributed by atoms with Crippen molar-refractivity contribution in [1.82, 2.24) is 10.2 Å². The number of benzene rings is 2. The fourth-order valence-electron chi connectivity index (χ4n) is 4.22. The Hall–Kier alpha value is -2.29. The van der Waals surface area contributed by atoms with Crippen molar-refractivity contribution < 1.29 is 18.0 Å². The number of sulfonamides is 1. The Morgan fingerprint density at radius 3 is 2.31 bits per heavy atom. The van der Waals surface area contributed by atoms with Crippen LogP contribution in [0.3, 0.4) is 0 Å². The van der Waals surface area contributed by atoms with E-state index in [-0.39, 0.29) is 34.2 Å². The summed E-state index contributed by atoms with van der Waals surface area (Å²) < 4.78 is 26.2. The van der Waals surface area contributed by atoms with Crippen LogP contribution in [0.15, 0.2) is 48.5 Å². The van der Waals surface area contributed by atoms with Gasteiger partial charge in [-0.25, -0.2) is 8.42 Å². The molecule has 1 fully saturated rings. The number of rotatable bonds is 10. The van der Waals surface area contributed by atoms with Gasteiger partial charge < -0.3 is 10.2 Å². The van der Waals surface area contributed by atoms with Crippen LogP contribution in [0.4, 0.5) is 5.69 Å². The Morgan fingerprint density at radius 2 is 1.71 bits per heavy atom. The minimum absolute atomic E-state index is 0.111. The maximum Gasteiger partial charge on any atom is 0.244 e. The van der Waals surface area contributed by atoms with Crippen LogP contribution in [0.25, 0.3) is 0 Å². The second kappa shape index (κ2) is 12.1. The molecule has 190 valence electrons. The number of hydrogen-bond donors (Lipinski definition) is 1. The normalized spacial score (nSPS) is 15.0. The molecule has 7 nitrogen and oxygen atoms in total. The molecule has 0 bridgehead atoms. The zero-order chi connectivity index (χ0) is 25.6. The van der Waals surface area contributed by atoms with Crippen LogP contribution in [-0.4, -0.2) is 56.6 Å². The monoisotopic (exact) mass is 539 g/mol. The SMILES string of the molecule is C[C@@H](C(=O)NC1CCCC1)N(CCc1ccccc1)C(=O)CN(c1ccc(Cl)c(Cl)c1)S(C)(=O)=O. The third-order valence-corrected chi connectivity index (χ3v) is 8.10. The number of halogens is 2. The summed E-state index contributed by atoms with van der Waals surface area (Å²) in [6, 6.07) is 13.4. The molecule has 3 rings (SSSR count). The van der Waals surface area contributed by atoms with E-state index < -0.39 is 28.5 Å². The van der Waals surface area contributed by atoms with Crippen molar-refractivity contribution in [2.24, 2.45) is 0 Å². The molecule has 0 spiro atoms. The predicted molar refractivity (Wildman–Crippen MR) is 140 cm³/mol. The summed E-state index contributed by atoms with van der Waals surface area (Å²) in [7, 11) is -3.82. The molecule has 2 aromatic carbocycles. The van der Waals surface area contributed by atoms with Crippen LogP contribution in [0.5, 0.6) is 0 Å². The van der Waals surface area contributed by atoms with E-state index >= 15 is 0 Å². The molecule has 1 N–H and O–H groups in total. The molecule has 0 heterocycles. The summed E-state index contributed by atoms with van der Waals surface area (Å²) in [4.78, 5) is 28.0. The Balaban J connectivity index is 1.83. The molecule has 10 heteroatoms. The predicted octanol–water partition coefficient (Wildman–Crippen LogP) is 4.28. The van der Waals surface area contributed by atoms with E-state index in [1.165, 1.54) is 23.1 Å². The van der Waals surface area contributed by atoms with E-state index in [4.69, 9.17) is 23.2 Å². The zero-order valence-corrected chi connectivity index (χ0v) is 22.2. The van der Waals surface area contributed by atoms with Gasteiger partial charge in [-0.15, -0.1) is 0 Å². The lowest BCUT2D eigenvalue weighted by atomic mass is 10.1. The van der Waals surface area contributed by atoms with Crippen LogP contribution in [-0.2, 0) is 26.0 Å². The van der Waals surface area contributed by atoms with Gasteiger partial charge in [-0.05, 0) is 49.9 Å². The van der Waals surface area contributed by atoms with E-state index in [1.807, 2.05) is 30.3 Å². The van der Waals surface area contributed by atoms with Gasteiger partial charge in [0, 0.05) is 12.6 Å². The fraction of sp³-hybridized carbons (Fsp3) is 0.440. The second-order valence-corrected chi connectivity index (χ2v) is 11.6. The van der Waals surface area contributed by atoms with Gasteiger partial charge in [0.05, 0.1) is 22.0 Å². The van der Waals surface area contributed by atoms with E-state index in [0.717, 1.165) is 41.8 Å². The van der Waals surface area contributed by atoms with Gasteiger partial charge in [0.25, 0.3) is 0 Å². The first-order chi connectivity index (χ1) is 16.6. The van der Waals surface area contributed by atoms with Gasteiger partial charge >= 0.3 is 0 Å². The summed E-state index contributed by atoms with van der Waals surface area (Å²) in [5.74, 6) is -0.717. The molecular weight excluding hydrogens is 509 g/mol. The molecule has 2 aromatic rings. The van der Waals surface area contributed by atoms with Gasteiger partial charge in [0.1, 0.15) is 12.6 Å². The molecule has 0 unspecified atom stereocenters. The fourth-order valence-corrected chi connectivity index (χ4v) is 5.35. The summed E-state index contributed by atoms with van der Waals surface area (Å²) >= 11 is 12.1. The lowest BCUT2D eigenvalue weighted by Crippen LogP contribution is -2.53. The van der Waals surface area contributed by atoms with Gasteiger partial charge in [-0.3, -0.25) is 13.9 Å². The first-order valence-corrected chi connectivity index (χ1v) is 14.2. The summed E-state index contributed by atoms with van der Waals surface area (Å²) in [5.41, 5.74) is 1.24. The molecule has 0 aromatic heterocycles. The molecule has 1 aliphatic carbocycles. The number of hydrogen-bond acceptors (Lipinski definition) is 4. The zero-order valence-electron chi connectivity index (χ0n) is 19.9. The third-order valence-electron chi connectivity index (χ3n) is 6.22. The first-order valence-electron chi connectivity index (χ1n) is 11.6. The van der Waals surface area contributed by atoms with Crippen LogP contribution in [0.1, 0.15) is 38.2 Å². The average molecular weight is 541 g/mol. The van der Waals surface area contributed by atoms with Gasteiger partial charge in [-0.1, -0.05) is 66.4 Å². The summed E-state index contributed by atoms with van der Waals surface area (Å²) in [6.07, 6.45) is 5.55. The Morgan fingerprint density at radius 1 is 1.06 bits per heavy atom. The van der Waals surface area contributed by atoms with E-state index in [1.54, 1.807) is 6.92 Å². The highest BCUT2D eigenvalue weighted by atomic mass is 35.5. The third kappa shape index (κ3) is 7.59. The van der Waals surface area contributed by atoms with Crippen molar-refractivity contribution in [1.29, 1.82) is 0 Å². The number of nitrogens with zero attached hydrogens (tertiary/aromatic N) is 2. The minimum atomic E-state index is -3.82. The largest absolute Gasteiger partial charge is 0.352 e. The van der Waals surface area contributed by atoms with E-state index in [9.17, 15) is 18.0 Å². The van der Waals surface area contributed by atoms with Gasteiger partial charge in [-0.2, -0.15) is 0 Å². The Kier molecular flexibility index (Phi) is 9.44. The van der Waals surface area contributed by atoms with Crippen molar-refractivity contribution >= 4 is 50.7 Å². The summed E-state index contributed by atoms with van der Waals surface area (Å²) in [6.45, 7) is 1.48. The van der Waals surface area contributed by atoms with Crippen molar-refractivity contribution in [3.05, 3.63) is 64.1 Å². The van der Waals surface area contributed by atoms with Crippen molar-refractivity contribution in [3.8, 4) is 0 Å². The molecule has 0 saturated heterocycles. The number of amides is 2. The molecule has 2 amide bonds. The highest BCUT2D eigenvalue weighted by Crippen LogP contribution is 2.28. The second-order valence-electron chi connectivity index (χ2n) is 8.86. The maximum atomic E-state index is 13.5. The standard InChI is InChI=1S/C25H31Cl2N3O4S/c1-18(25(32)28-20-10-6-7-11-20)29(15-14-19-8-4-3-5-9-19)24(31)17-30(35(2,33)34)21-12-13-22(26)23(27)16-21/h3-5,8-9,12-13,16,18,20H,6-7,10-11,14-15,17H2,1-2H3,(H,28,32)/t18-/m0/s1. The molecule has 1 saturated carbocycles. The smallest absolute Gasteiger partial charge is 0.244 e. The van der Waals surface area contributed by atoms with Crippen molar-refractivity contribution in [3.63, 3.8) is 0 Å². The van der Waals surface area contributed by atoms with Crippen LogP contribution in [0, 0.1) is 0 Å². The molecule has 35 heavy (non-hydrogen) atoms. The highest BCUT2D eigenvalue weighted by Gasteiger charge is 2.31. The maximum absolute atomic E-state index is 13.5. The molecule has 1 atom stereocenters. The molecule has 0 aliphatic heterocycles. The van der Waals surface area contributed by atoms with E-state index in [2.05, 4.69) is 5.32 Å². The lowest BCUT2D eigenvalue weighted by Gasteiger charge is -2.32. The highest BCUT2D eigenvalue weighted by molar-refractivity contribution is 7.92. The molecular formula is C25H31Cl2N3O4S. The minimum Gasteiger partial charge on any atom is -0.352 e.